The van der Waals surface area contributed by atoms with Crippen LogP contribution in [0.25, 0.3) is 0 Å². The van der Waals surface area contributed by atoms with E-state index in [1.165, 1.54) is 5.56 Å². The van der Waals surface area contributed by atoms with E-state index >= 15 is 0 Å². The summed E-state index contributed by atoms with van der Waals surface area (Å²) in [5.41, 5.74) is 2.96. The smallest absolute Gasteiger partial charge is 0.251 e. The lowest BCUT2D eigenvalue weighted by molar-refractivity contribution is 0.0954. The number of rotatable bonds is 9. The fourth-order valence-corrected chi connectivity index (χ4v) is 2.84. The van der Waals surface area contributed by atoms with Crippen LogP contribution in [-0.4, -0.2) is 52.8 Å². The Kier molecular flexibility index (Phi) is 8.82. The molecular weight excluding hydrogens is 368 g/mol. The van der Waals surface area contributed by atoms with Crippen LogP contribution in [0.2, 0.25) is 0 Å². The molecule has 0 bridgehead atoms. The predicted molar refractivity (Wildman–Crippen MR) is 116 cm³/mol. The Bertz CT molecular complexity index is 819. The van der Waals surface area contributed by atoms with Crippen LogP contribution in [-0.2, 0) is 6.42 Å². The Morgan fingerprint density at radius 2 is 1.62 bits per heavy atom. The molecule has 0 radical (unpaired) electrons. The van der Waals surface area contributed by atoms with Crippen LogP contribution in [0.15, 0.2) is 47.5 Å². The highest BCUT2D eigenvalue weighted by Gasteiger charge is 2.06. The number of hydrogen-bond acceptors (Lipinski definition) is 4. The summed E-state index contributed by atoms with van der Waals surface area (Å²) in [5.74, 6) is 2.18. The molecule has 0 aromatic heterocycles. The summed E-state index contributed by atoms with van der Waals surface area (Å²) in [4.78, 5) is 16.3. The van der Waals surface area contributed by atoms with Gasteiger partial charge >= 0.3 is 0 Å². The highest BCUT2D eigenvalue weighted by molar-refractivity contribution is 5.94. The number of nitrogens with one attached hydrogen (secondary N) is 3. The Hall–Kier alpha value is -3.22. The molecule has 7 heteroatoms. The van der Waals surface area contributed by atoms with Gasteiger partial charge in [-0.3, -0.25) is 9.79 Å². The normalized spacial score (nSPS) is 11.0. The van der Waals surface area contributed by atoms with E-state index < -0.39 is 0 Å². The van der Waals surface area contributed by atoms with Gasteiger partial charge in [0, 0.05) is 32.2 Å². The molecule has 0 spiro atoms. The van der Waals surface area contributed by atoms with Gasteiger partial charge in [0.15, 0.2) is 5.96 Å². The quantitative estimate of drug-likeness (QED) is 0.342. The van der Waals surface area contributed by atoms with Gasteiger partial charge in [0.25, 0.3) is 5.91 Å². The maximum absolute atomic E-state index is 12.1. The molecule has 0 aliphatic rings. The third kappa shape index (κ3) is 7.03. The summed E-state index contributed by atoms with van der Waals surface area (Å²) in [7, 11) is 5.00. The van der Waals surface area contributed by atoms with Gasteiger partial charge in [-0.1, -0.05) is 17.7 Å². The molecule has 0 unspecified atom stereocenters. The first-order valence-corrected chi connectivity index (χ1v) is 9.57. The molecule has 0 fully saturated rings. The zero-order chi connectivity index (χ0) is 21.1. The van der Waals surface area contributed by atoms with E-state index in [4.69, 9.17) is 9.47 Å². The number of benzene rings is 2. The van der Waals surface area contributed by atoms with E-state index in [-0.39, 0.29) is 5.91 Å². The third-order valence-corrected chi connectivity index (χ3v) is 4.40. The van der Waals surface area contributed by atoms with Crippen LogP contribution >= 0.6 is 0 Å². The standard InChI is InChI=1S/C22H30N4O3/c1-16-5-10-20(29-4)18(15-16)11-12-25-22(23-2)26-14-13-24-21(27)17-6-8-19(28-3)9-7-17/h5-10,15H,11-14H2,1-4H3,(H,24,27)(H2,23,25,26). The maximum atomic E-state index is 12.1. The van der Waals surface area contributed by atoms with Gasteiger partial charge in [0.05, 0.1) is 14.2 Å². The molecule has 0 aliphatic carbocycles. The second-order valence-corrected chi connectivity index (χ2v) is 6.48. The highest BCUT2D eigenvalue weighted by Crippen LogP contribution is 2.19. The molecule has 0 saturated carbocycles. The van der Waals surface area contributed by atoms with E-state index in [2.05, 4.69) is 33.9 Å². The minimum atomic E-state index is -0.121. The first-order chi connectivity index (χ1) is 14.1. The van der Waals surface area contributed by atoms with Crippen LogP contribution in [0.4, 0.5) is 0 Å². The van der Waals surface area contributed by atoms with Crippen molar-refractivity contribution in [3.05, 3.63) is 59.2 Å². The zero-order valence-electron chi connectivity index (χ0n) is 17.5. The number of aryl methyl sites for hydroxylation is 1. The second-order valence-electron chi connectivity index (χ2n) is 6.48. The van der Waals surface area contributed by atoms with Crippen molar-refractivity contribution in [1.82, 2.24) is 16.0 Å². The molecule has 7 nitrogen and oxygen atoms in total. The van der Waals surface area contributed by atoms with Crippen LogP contribution in [0, 0.1) is 6.92 Å². The van der Waals surface area contributed by atoms with E-state index in [0.717, 1.165) is 30.0 Å². The van der Waals surface area contributed by atoms with Crippen molar-refractivity contribution in [2.75, 3.05) is 40.9 Å². The molecule has 1 amide bonds. The van der Waals surface area contributed by atoms with Crippen LogP contribution in [0.1, 0.15) is 21.5 Å². The van der Waals surface area contributed by atoms with Crippen LogP contribution in [0.3, 0.4) is 0 Å². The fourth-order valence-electron chi connectivity index (χ4n) is 2.84. The molecule has 29 heavy (non-hydrogen) atoms. The molecule has 0 heterocycles. The van der Waals surface area contributed by atoms with Crippen molar-refractivity contribution in [2.45, 2.75) is 13.3 Å². The monoisotopic (exact) mass is 398 g/mol. The van der Waals surface area contributed by atoms with Gasteiger partial charge in [-0.15, -0.1) is 0 Å². The average Bonchev–Trinajstić information content (AvgIpc) is 2.75. The first kappa shape index (κ1) is 22.1. The number of carbonyl (C=O) groups excluding carboxylic acids is 1. The second kappa shape index (κ2) is 11.6. The summed E-state index contributed by atoms with van der Waals surface area (Å²) < 4.78 is 10.5. The van der Waals surface area contributed by atoms with Crippen molar-refractivity contribution in [1.29, 1.82) is 0 Å². The number of carbonyl (C=O) groups is 1. The topological polar surface area (TPSA) is 84.0 Å². The summed E-state index contributed by atoms with van der Waals surface area (Å²) >= 11 is 0. The summed E-state index contributed by atoms with van der Waals surface area (Å²) in [6.07, 6.45) is 0.819. The van der Waals surface area contributed by atoms with Crippen molar-refractivity contribution >= 4 is 11.9 Å². The molecule has 0 atom stereocenters. The SMILES string of the molecule is CN=C(NCCNC(=O)c1ccc(OC)cc1)NCCc1cc(C)ccc1OC. The average molecular weight is 399 g/mol. The maximum Gasteiger partial charge on any atom is 0.251 e. The Balaban J connectivity index is 1.71. The molecule has 2 aromatic carbocycles. The predicted octanol–water partition coefficient (Wildman–Crippen LogP) is 2.15. The largest absolute Gasteiger partial charge is 0.497 e. The van der Waals surface area contributed by atoms with Crippen molar-refractivity contribution in [3.8, 4) is 11.5 Å². The Labute approximate surface area is 172 Å². The summed E-state index contributed by atoms with van der Waals surface area (Å²) in [6.45, 7) is 3.83. The number of guanidine groups is 1. The first-order valence-electron chi connectivity index (χ1n) is 9.57. The van der Waals surface area contributed by atoms with Crippen molar-refractivity contribution in [3.63, 3.8) is 0 Å². The lowest BCUT2D eigenvalue weighted by Gasteiger charge is -2.14. The lowest BCUT2D eigenvalue weighted by atomic mass is 10.1. The molecule has 0 saturated heterocycles. The number of methoxy groups -OCH3 is 2. The number of nitrogens with zero attached hydrogens (tertiary/aromatic N) is 1. The summed E-state index contributed by atoms with van der Waals surface area (Å²) in [6, 6.07) is 13.2. The van der Waals surface area contributed by atoms with Gasteiger partial charge < -0.3 is 25.4 Å². The molecule has 3 N–H and O–H groups in total. The fraction of sp³-hybridized carbons (Fsp3) is 0.364. The zero-order valence-corrected chi connectivity index (χ0v) is 17.5. The van der Waals surface area contributed by atoms with E-state index in [0.29, 0.717) is 24.6 Å². The summed E-state index contributed by atoms with van der Waals surface area (Å²) in [5, 5.41) is 9.35. The van der Waals surface area contributed by atoms with E-state index in [1.54, 1.807) is 45.5 Å². The van der Waals surface area contributed by atoms with Crippen molar-refractivity contribution < 1.29 is 14.3 Å². The number of aliphatic imine (C=N–C) groups is 1. The van der Waals surface area contributed by atoms with Crippen LogP contribution in [0.5, 0.6) is 11.5 Å². The molecule has 2 aromatic rings. The van der Waals surface area contributed by atoms with Crippen molar-refractivity contribution in [2.24, 2.45) is 4.99 Å². The minimum absolute atomic E-state index is 0.121. The molecular formula is C22H30N4O3. The van der Waals surface area contributed by atoms with Gasteiger partial charge in [-0.25, -0.2) is 0 Å². The lowest BCUT2D eigenvalue weighted by Crippen LogP contribution is -2.42. The number of amides is 1. The minimum Gasteiger partial charge on any atom is -0.497 e. The van der Waals surface area contributed by atoms with Gasteiger partial charge in [-0.05, 0) is 49.2 Å². The molecule has 156 valence electrons. The number of ether oxygens (including phenoxy) is 2. The van der Waals surface area contributed by atoms with Gasteiger partial charge in [0.1, 0.15) is 11.5 Å². The molecule has 2 rings (SSSR count). The van der Waals surface area contributed by atoms with E-state index in [9.17, 15) is 4.79 Å². The molecule has 0 aliphatic heterocycles. The van der Waals surface area contributed by atoms with Gasteiger partial charge in [0.2, 0.25) is 0 Å². The third-order valence-electron chi connectivity index (χ3n) is 4.40. The Morgan fingerprint density at radius 3 is 2.28 bits per heavy atom. The number of hydrogen-bond donors (Lipinski definition) is 3. The van der Waals surface area contributed by atoms with Crippen LogP contribution < -0.4 is 25.4 Å². The highest BCUT2D eigenvalue weighted by atomic mass is 16.5. The van der Waals surface area contributed by atoms with Gasteiger partial charge in [-0.2, -0.15) is 0 Å². The Morgan fingerprint density at radius 1 is 0.931 bits per heavy atom. The van der Waals surface area contributed by atoms with E-state index in [1.807, 2.05) is 12.1 Å².